The first-order chi connectivity index (χ1) is 9.09. The van der Waals surface area contributed by atoms with E-state index in [1.807, 2.05) is 0 Å². The Balaban J connectivity index is 2.39. The van der Waals surface area contributed by atoms with Gasteiger partial charge in [-0.15, -0.1) is 0 Å². The van der Waals surface area contributed by atoms with Gasteiger partial charge in [0.25, 0.3) is 15.0 Å². The Kier molecular flexibility index (Phi) is 5.42. The molecule has 0 unspecified atom stereocenters. The van der Waals surface area contributed by atoms with E-state index in [1.165, 1.54) is 0 Å². The Morgan fingerprint density at radius 1 is 1.45 bits per heavy atom. The molecule has 0 bridgehead atoms. The minimum absolute atomic E-state index is 0.0833. The van der Waals surface area contributed by atoms with Crippen molar-refractivity contribution in [1.29, 1.82) is 0 Å². The maximum atomic E-state index is 11.7. The summed E-state index contributed by atoms with van der Waals surface area (Å²) in [4.78, 5) is 13.6. The number of halogens is 4. The molecule has 0 fully saturated rings. The minimum atomic E-state index is -4.42. The summed E-state index contributed by atoms with van der Waals surface area (Å²) in [5, 5.41) is 2.25. The molecule has 0 aromatic carbocycles. The van der Waals surface area contributed by atoms with Gasteiger partial charge in [0.2, 0.25) is 0 Å². The Hall–Kier alpha value is -1.26. The molecule has 0 aliphatic heterocycles. The summed E-state index contributed by atoms with van der Waals surface area (Å²) in [5.74, 6) is -0.688. The van der Waals surface area contributed by atoms with Gasteiger partial charge >= 0.3 is 6.18 Å². The lowest BCUT2D eigenvalue weighted by atomic mass is 10.4. The van der Waals surface area contributed by atoms with Crippen LogP contribution in [0.3, 0.4) is 0 Å². The van der Waals surface area contributed by atoms with Crippen LogP contribution in [-0.4, -0.2) is 45.2 Å². The summed E-state index contributed by atoms with van der Waals surface area (Å²) in [7, 11) is 1.11. The number of amides is 1. The Morgan fingerprint density at radius 3 is 2.60 bits per heavy atom. The van der Waals surface area contributed by atoms with Gasteiger partial charge in [0.1, 0.15) is 17.2 Å². The second-order valence-corrected chi connectivity index (χ2v) is 6.18. The van der Waals surface area contributed by atoms with Gasteiger partial charge in [0.05, 0.1) is 6.61 Å². The number of hydrogen-bond acceptors (Lipinski definition) is 4. The molecule has 1 rings (SSSR count). The third kappa shape index (κ3) is 5.80. The molecule has 11 heteroatoms. The molecule has 1 heterocycles. The largest absolute Gasteiger partial charge is 0.411 e. The maximum absolute atomic E-state index is 11.7. The molecule has 1 aromatic rings. The lowest BCUT2D eigenvalue weighted by Crippen LogP contribution is -2.29. The average molecular weight is 335 g/mol. The van der Waals surface area contributed by atoms with Crippen LogP contribution < -0.4 is 5.32 Å². The average Bonchev–Trinajstić information content (AvgIpc) is 2.75. The van der Waals surface area contributed by atoms with Gasteiger partial charge in [-0.3, -0.25) is 4.79 Å². The van der Waals surface area contributed by atoms with Crippen LogP contribution >= 0.6 is 10.7 Å². The molecule has 6 nitrogen and oxygen atoms in total. The summed E-state index contributed by atoms with van der Waals surface area (Å²) in [6.07, 6.45) is -3.40. The Bertz CT molecular complexity index is 570. The number of aromatic nitrogens is 1. The number of carbonyl (C=O) groups excluding carboxylic acids is 1. The van der Waals surface area contributed by atoms with Crippen molar-refractivity contribution >= 4 is 25.6 Å². The smallest absolute Gasteiger partial charge is 0.370 e. The van der Waals surface area contributed by atoms with Gasteiger partial charge in [0, 0.05) is 23.4 Å². The lowest BCUT2D eigenvalue weighted by Gasteiger charge is -2.07. The zero-order chi connectivity index (χ0) is 15.4. The molecule has 0 spiro atoms. The molecule has 114 valence electrons. The fourth-order valence-corrected chi connectivity index (χ4v) is 1.89. The summed E-state index contributed by atoms with van der Waals surface area (Å²) in [6, 6.07) is 1.01. The standard InChI is InChI=1S/C9H10ClF3N2O4S/c10-20(17,18)6-3-7(15-4-6)8(16)14-1-2-19-5-9(11,12)13/h3-4,15H,1-2,5H2,(H,14,16). The van der Waals surface area contributed by atoms with E-state index >= 15 is 0 Å². The number of alkyl halides is 3. The van der Waals surface area contributed by atoms with Crippen LogP contribution in [0.15, 0.2) is 17.2 Å². The van der Waals surface area contributed by atoms with E-state index < -0.39 is 27.7 Å². The molecular weight excluding hydrogens is 325 g/mol. The van der Waals surface area contributed by atoms with Crippen LogP contribution in [0.4, 0.5) is 13.2 Å². The van der Waals surface area contributed by atoms with Crippen molar-refractivity contribution in [3.05, 3.63) is 18.0 Å². The van der Waals surface area contributed by atoms with E-state index in [0.29, 0.717) is 0 Å². The van der Waals surface area contributed by atoms with Crippen LogP contribution in [0.25, 0.3) is 0 Å². The summed E-state index contributed by atoms with van der Waals surface area (Å²) in [6.45, 7) is -1.89. The van der Waals surface area contributed by atoms with E-state index in [4.69, 9.17) is 10.7 Å². The molecule has 0 aliphatic carbocycles. The molecule has 2 N–H and O–H groups in total. The molecule has 1 aromatic heterocycles. The van der Waals surface area contributed by atoms with Crippen LogP contribution in [0.2, 0.25) is 0 Å². The number of rotatable bonds is 6. The molecular formula is C9H10ClF3N2O4S. The zero-order valence-corrected chi connectivity index (χ0v) is 11.4. The van der Waals surface area contributed by atoms with Gasteiger partial charge in [-0.2, -0.15) is 13.2 Å². The van der Waals surface area contributed by atoms with Crippen molar-refractivity contribution in [3.63, 3.8) is 0 Å². The number of aromatic amines is 1. The van der Waals surface area contributed by atoms with Crippen molar-refractivity contribution < 1.29 is 31.1 Å². The van der Waals surface area contributed by atoms with Gasteiger partial charge in [0.15, 0.2) is 0 Å². The molecule has 0 saturated heterocycles. The fraction of sp³-hybridized carbons (Fsp3) is 0.444. The highest BCUT2D eigenvalue weighted by molar-refractivity contribution is 8.13. The molecule has 0 radical (unpaired) electrons. The van der Waals surface area contributed by atoms with E-state index in [0.717, 1.165) is 12.3 Å². The predicted octanol–water partition coefficient (Wildman–Crippen LogP) is 1.25. The van der Waals surface area contributed by atoms with E-state index in [1.54, 1.807) is 0 Å². The third-order valence-electron chi connectivity index (χ3n) is 1.98. The van der Waals surface area contributed by atoms with E-state index in [9.17, 15) is 26.4 Å². The van der Waals surface area contributed by atoms with Crippen molar-refractivity contribution in [2.24, 2.45) is 0 Å². The van der Waals surface area contributed by atoms with Crippen LogP contribution in [0, 0.1) is 0 Å². The second kappa shape index (κ2) is 6.46. The van der Waals surface area contributed by atoms with Gasteiger partial charge in [-0.1, -0.05) is 0 Å². The van der Waals surface area contributed by atoms with Crippen molar-refractivity contribution in [2.75, 3.05) is 19.8 Å². The quantitative estimate of drug-likeness (QED) is 0.605. The summed E-state index contributed by atoms with van der Waals surface area (Å²) in [5.41, 5.74) is -0.0833. The monoisotopic (exact) mass is 334 g/mol. The number of hydrogen-bond donors (Lipinski definition) is 2. The highest BCUT2D eigenvalue weighted by Crippen LogP contribution is 2.15. The Labute approximate surface area is 116 Å². The number of nitrogens with one attached hydrogen (secondary N) is 2. The second-order valence-electron chi connectivity index (χ2n) is 3.61. The highest BCUT2D eigenvalue weighted by Gasteiger charge is 2.27. The summed E-state index contributed by atoms with van der Waals surface area (Å²) >= 11 is 0. The van der Waals surface area contributed by atoms with Crippen molar-refractivity contribution in [1.82, 2.24) is 10.3 Å². The molecule has 0 saturated carbocycles. The number of H-pyrrole nitrogens is 1. The normalized spacial score (nSPS) is 12.4. The zero-order valence-electron chi connectivity index (χ0n) is 9.83. The molecule has 1 amide bonds. The van der Waals surface area contributed by atoms with E-state index in [-0.39, 0.29) is 23.7 Å². The lowest BCUT2D eigenvalue weighted by molar-refractivity contribution is -0.173. The first-order valence-corrected chi connectivity index (χ1v) is 7.46. The molecule has 0 aliphatic rings. The highest BCUT2D eigenvalue weighted by atomic mass is 35.7. The number of ether oxygens (including phenoxy) is 1. The fourth-order valence-electron chi connectivity index (χ4n) is 1.17. The first kappa shape index (κ1) is 16.8. The van der Waals surface area contributed by atoms with Gasteiger partial charge in [-0.25, -0.2) is 8.42 Å². The number of carbonyl (C=O) groups is 1. The minimum Gasteiger partial charge on any atom is -0.370 e. The molecule has 0 atom stereocenters. The SMILES string of the molecule is O=C(NCCOCC(F)(F)F)c1cc(S(=O)(=O)Cl)c[nH]1. The predicted molar refractivity (Wildman–Crippen MR) is 63.0 cm³/mol. The van der Waals surface area contributed by atoms with Gasteiger partial charge in [-0.05, 0) is 6.07 Å². The molecule has 20 heavy (non-hydrogen) atoms. The topological polar surface area (TPSA) is 88.3 Å². The van der Waals surface area contributed by atoms with Crippen molar-refractivity contribution in [3.8, 4) is 0 Å². The van der Waals surface area contributed by atoms with Crippen molar-refractivity contribution in [2.45, 2.75) is 11.1 Å². The maximum Gasteiger partial charge on any atom is 0.411 e. The van der Waals surface area contributed by atoms with Gasteiger partial charge < -0.3 is 15.0 Å². The first-order valence-electron chi connectivity index (χ1n) is 5.15. The van der Waals surface area contributed by atoms with E-state index in [2.05, 4.69) is 15.0 Å². The van der Waals surface area contributed by atoms with Crippen LogP contribution in [-0.2, 0) is 13.8 Å². The summed E-state index contributed by atoms with van der Waals surface area (Å²) < 4.78 is 61.4. The Morgan fingerprint density at radius 2 is 2.10 bits per heavy atom. The van der Waals surface area contributed by atoms with Crippen LogP contribution in [0.1, 0.15) is 10.5 Å². The van der Waals surface area contributed by atoms with Crippen LogP contribution in [0.5, 0.6) is 0 Å². The third-order valence-corrected chi connectivity index (χ3v) is 3.31.